The third kappa shape index (κ3) is 3.50. The Labute approximate surface area is 120 Å². The zero-order valence-electron chi connectivity index (χ0n) is 10.4. The average molecular weight is 296 g/mol. The predicted molar refractivity (Wildman–Crippen MR) is 80.4 cm³/mol. The van der Waals surface area contributed by atoms with Crippen molar-refractivity contribution in [3.05, 3.63) is 41.0 Å². The van der Waals surface area contributed by atoms with Crippen LogP contribution in [0.2, 0.25) is 5.15 Å². The number of anilines is 2. The molecule has 0 unspecified atom stereocenters. The lowest BCUT2D eigenvalue weighted by molar-refractivity contribution is 1.02. The van der Waals surface area contributed by atoms with Gasteiger partial charge in [0.05, 0.1) is 4.90 Å². The SMILES string of the molecule is CSc1c(Cl)nc(NCc2ccccc2)nc1NN. The van der Waals surface area contributed by atoms with Crippen LogP contribution in [-0.2, 0) is 6.54 Å². The molecule has 7 heteroatoms. The van der Waals surface area contributed by atoms with E-state index in [-0.39, 0.29) is 0 Å². The topological polar surface area (TPSA) is 75.9 Å². The number of hydrogen-bond donors (Lipinski definition) is 3. The molecule has 0 fully saturated rings. The van der Waals surface area contributed by atoms with Crippen LogP contribution in [0.5, 0.6) is 0 Å². The van der Waals surface area contributed by atoms with Crippen molar-refractivity contribution in [2.24, 2.45) is 5.84 Å². The third-order valence-electron chi connectivity index (χ3n) is 2.46. The Bertz CT molecular complexity index is 549. The molecule has 100 valence electrons. The van der Waals surface area contributed by atoms with Crippen molar-refractivity contribution in [1.29, 1.82) is 0 Å². The van der Waals surface area contributed by atoms with Gasteiger partial charge in [-0.2, -0.15) is 9.97 Å². The van der Waals surface area contributed by atoms with E-state index < -0.39 is 0 Å². The second-order valence-corrected chi connectivity index (χ2v) is 4.88. The van der Waals surface area contributed by atoms with E-state index in [0.29, 0.717) is 23.5 Å². The Hall–Kier alpha value is -1.50. The van der Waals surface area contributed by atoms with Crippen LogP contribution in [0.25, 0.3) is 0 Å². The summed E-state index contributed by atoms with van der Waals surface area (Å²) in [5, 5.41) is 3.50. The van der Waals surface area contributed by atoms with Crippen LogP contribution >= 0.6 is 23.4 Å². The number of nitrogens with one attached hydrogen (secondary N) is 2. The van der Waals surface area contributed by atoms with E-state index in [1.54, 1.807) is 0 Å². The number of nitrogens with zero attached hydrogens (tertiary/aromatic N) is 2. The van der Waals surface area contributed by atoms with Crippen molar-refractivity contribution in [2.75, 3.05) is 17.0 Å². The summed E-state index contributed by atoms with van der Waals surface area (Å²) in [5.41, 5.74) is 3.67. The molecule has 5 nitrogen and oxygen atoms in total. The number of benzene rings is 1. The number of hydrazine groups is 1. The van der Waals surface area contributed by atoms with Crippen molar-refractivity contribution in [3.8, 4) is 0 Å². The molecule has 0 saturated heterocycles. The maximum absolute atomic E-state index is 6.09. The Morgan fingerprint density at radius 3 is 2.63 bits per heavy atom. The molecule has 1 aromatic carbocycles. The van der Waals surface area contributed by atoms with Gasteiger partial charge in [-0.15, -0.1) is 11.8 Å². The first-order valence-electron chi connectivity index (χ1n) is 5.60. The van der Waals surface area contributed by atoms with Gasteiger partial charge < -0.3 is 10.7 Å². The highest BCUT2D eigenvalue weighted by atomic mass is 35.5. The number of aromatic nitrogens is 2. The first-order valence-corrected chi connectivity index (χ1v) is 7.20. The molecule has 0 radical (unpaired) electrons. The quantitative estimate of drug-likeness (QED) is 0.341. The molecule has 0 aliphatic carbocycles. The minimum absolute atomic E-state index is 0.381. The smallest absolute Gasteiger partial charge is 0.226 e. The molecule has 19 heavy (non-hydrogen) atoms. The summed E-state index contributed by atoms with van der Waals surface area (Å²) in [7, 11) is 0. The van der Waals surface area contributed by atoms with Crippen molar-refractivity contribution in [3.63, 3.8) is 0 Å². The van der Waals surface area contributed by atoms with Crippen LogP contribution in [0.15, 0.2) is 35.2 Å². The molecule has 0 aliphatic heterocycles. The molecule has 0 spiro atoms. The lowest BCUT2D eigenvalue weighted by atomic mass is 10.2. The first-order chi connectivity index (χ1) is 9.24. The fourth-order valence-corrected chi connectivity index (χ4v) is 2.47. The number of halogens is 1. The van der Waals surface area contributed by atoms with E-state index in [1.807, 2.05) is 36.6 Å². The summed E-state index contributed by atoms with van der Waals surface area (Å²) in [6, 6.07) is 9.98. The fourth-order valence-electron chi connectivity index (χ4n) is 1.56. The average Bonchev–Trinajstić information content (AvgIpc) is 2.45. The van der Waals surface area contributed by atoms with Crippen LogP contribution in [-0.4, -0.2) is 16.2 Å². The van der Waals surface area contributed by atoms with E-state index in [2.05, 4.69) is 20.7 Å². The van der Waals surface area contributed by atoms with E-state index in [0.717, 1.165) is 10.5 Å². The van der Waals surface area contributed by atoms with Crippen molar-refractivity contribution < 1.29 is 0 Å². The zero-order valence-corrected chi connectivity index (χ0v) is 11.9. The number of nitrogen functional groups attached to an aromatic ring is 1. The molecule has 4 N–H and O–H groups in total. The van der Waals surface area contributed by atoms with Gasteiger partial charge in [0.1, 0.15) is 5.15 Å². The molecule has 2 rings (SSSR count). The molecule has 0 atom stereocenters. The Morgan fingerprint density at radius 2 is 2.00 bits per heavy atom. The normalized spacial score (nSPS) is 10.3. The molecule has 0 aliphatic rings. The molecule has 1 heterocycles. The molecule has 0 amide bonds. The van der Waals surface area contributed by atoms with Crippen LogP contribution < -0.4 is 16.6 Å². The van der Waals surface area contributed by atoms with Gasteiger partial charge in [0, 0.05) is 6.54 Å². The number of nitrogens with two attached hydrogens (primary N) is 1. The minimum Gasteiger partial charge on any atom is -0.350 e. The molecular weight excluding hydrogens is 282 g/mol. The van der Waals surface area contributed by atoms with Crippen molar-refractivity contribution in [1.82, 2.24) is 9.97 Å². The summed E-state index contributed by atoms with van der Waals surface area (Å²) in [6.45, 7) is 0.625. The number of rotatable bonds is 5. The summed E-state index contributed by atoms with van der Waals surface area (Å²) >= 11 is 7.53. The monoisotopic (exact) mass is 295 g/mol. The van der Waals surface area contributed by atoms with E-state index in [4.69, 9.17) is 17.4 Å². The number of thioether (sulfide) groups is 1. The van der Waals surface area contributed by atoms with Crippen LogP contribution in [0, 0.1) is 0 Å². The van der Waals surface area contributed by atoms with Gasteiger partial charge >= 0.3 is 0 Å². The van der Waals surface area contributed by atoms with Gasteiger partial charge in [-0.25, -0.2) is 5.84 Å². The maximum Gasteiger partial charge on any atom is 0.226 e. The maximum atomic E-state index is 6.09. The molecule has 0 bridgehead atoms. The molecule has 2 aromatic rings. The minimum atomic E-state index is 0.381. The Kier molecular flexibility index (Phi) is 4.84. The van der Waals surface area contributed by atoms with Gasteiger partial charge in [0.15, 0.2) is 5.82 Å². The zero-order chi connectivity index (χ0) is 13.7. The van der Waals surface area contributed by atoms with E-state index in [1.165, 1.54) is 11.8 Å². The largest absolute Gasteiger partial charge is 0.350 e. The van der Waals surface area contributed by atoms with Gasteiger partial charge in [-0.05, 0) is 11.8 Å². The second kappa shape index (κ2) is 6.60. The highest BCUT2D eigenvalue weighted by molar-refractivity contribution is 7.98. The highest BCUT2D eigenvalue weighted by Gasteiger charge is 2.11. The van der Waals surface area contributed by atoms with Crippen molar-refractivity contribution in [2.45, 2.75) is 11.4 Å². The van der Waals surface area contributed by atoms with Gasteiger partial charge in [-0.3, -0.25) is 0 Å². The lowest BCUT2D eigenvalue weighted by Crippen LogP contribution is -2.13. The molecule has 1 aromatic heterocycles. The summed E-state index contributed by atoms with van der Waals surface area (Å²) in [6.07, 6.45) is 1.89. The predicted octanol–water partition coefficient (Wildman–Crippen LogP) is 2.75. The standard InChI is InChI=1S/C12H14ClN5S/c1-19-9-10(13)16-12(17-11(9)18-14)15-7-8-5-3-2-4-6-8/h2-6H,7,14H2,1H3,(H2,15,16,17,18). The van der Waals surface area contributed by atoms with Crippen LogP contribution in [0.3, 0.4) is 0 Å². The summed E-state index contributed by atoms with van der Waals surface area (Å²) in [5.74, 6) is 6.39. The summed E-state index contributed by atoms with van der Waals surface area (Å²) in [4.78, 5) is 9.20. The van der Waals surface area contributed by atoms with Gasteiger partial charge in [-0.1, -0.05) is 41.9 Å². The Balaban J connectivity index is 2.15. The van der Waals surface area contributed by atoms with Crippen LogP contribution in [0.4, 0.5) is 11.8 Å². The Morgan fingerprint density at radius 1 is 1.26 bits per heavy atom. The fraction of sp³-hybridized carbons (Fsp3) is 0.167. The van der Waals surface area contributed by atoms with Gasteiger partial charge in [0.25, 0.3) is 0 Å². The van der Waals surface area contributed by atoms with E-state index in [9.17, 15) is 0 Å². The van der Waals surface area contributed by atoms with Crippen molar-refractivity contribution >= 4 is 35.1 Å². The number of hydrogen-bond acceptors (Lipinski definition) is 6. The summed E-state index contributed by atoms with van der Waals surface area (Å²) < 4.78 is 0. The molecular formula is C12H14ClN5S. The highest BCUT2D eigenvalue weighted by Crippen LogP contribution is 2.30. The third-order valence-corrected chi connectivity index (χ3v) is 3.64. The van der Waals surface area contributed by atoms with Crippen LogP contribution in [0.1, 0.15) is 5.56 Å². The molecule has 0 saturated carbocycles. The second-order valence-electron chi connectivity index (χ2n) is 3.70. The first kappa shape index (κ1) is 13.9. The lowest BCUT2D eigenvalue weighted by Gasteiger charge is -2.10. The van der Waals surface area contributed by atoms with E-state index >= 15 is 0 Å². The van der Waals surface area contributed by atoms with Gasteiger partial charge in [0.2, 0.25) is 5.95 Å².